The molecule has 1 fully saturated rings. The highest BCUT2D eigenvalue weighted by molar-refractivity contribution is 5.67. The molecule has 3 heterocycles. The van der Waals surface area contributed by atoms with Gasteiger partial charge in [-0.15, -0.1) is 10.2 Å². The van der Waals surface area contributed by atoms with Gasteiger partial charge in [-0.3, -0.25) is 4.98 Å². The largest absolute Gasteiger partial charge is 0.301 e. The van der Waals surface area contributed by atoms with E-state index in [2.05, 4.69) is 45.8 Å². The highest BCUT2D eigenvalue weighted by atomic mass is 15.3. The Bertz CT molecular complexity index is 922. The van der Waals surface area contributed by atoms with Gasteiger partial charge in [-0.2, -0.15) is 0 Å². The van der Waals surface area contributed by atoms with Gasteiger partial charge >= 0.3 is 0 Å². The van der Waals surface area contributed by atoms with E-state index < -0.39 is 0 Å². The highest BCUT2D eigenvalue weighted by Gasteiger charge is 2.42. The molecule has 3 aromatic rings. The molecule has 5 rings (SSSR count). The summed E-state index contributed by atoms with van der Waals surface area (Å²) in [7, 11) is 0. The van der Waals surface area contributed by atoms with Crippen LogP contribution in [0.2, 0.25) is 0 Å². The number of pyridine rings is 1. The number of benzene rings is 1. The van der Waals surface area contributed by atoms with Crippen molar-refractivity contribution in [3.63, 3.8) is 0 Å². The van der Waals surface area contributed by atoms with Gasteiger partial charge in [0.2, 0.25) is 0 Å². The molecule has 4 heteroatoms. The van der Waals surface area contributed by atoms with Crippen molar-refractivity contribution in [2.45, 2.75) is 56.9 Å². The van der Waals surface area contributed by atoms with Crippen LogP contribution in [0.3, 0.4) is 0 Å². The summed E-state index contributed by atoms with van der Waals surface area (Å²) in [6, 6.07) is 12.9. The number of hydrogen-bond donors (Lipinski definition) is 0. The Morgan fingerprint density at radius 1 is 0.923 bits per heavy atom. The summed E-state index contributed by atoms with van der Waals surface area (Å²) in [6.45, 7) is 2.38. The van der Waals surface area contributed by atoms with Gasteiger partial charge in [-0.05, 0) is 42.9 Å². The summed E-state index contributed by atoms with van der Waals surface area (Å²) in [5.41, 5.74) is 3.88. The van der Waals surface area contributed by atoms with Crippen molar-refractivity contribution >= 4 is 0 Å². The first-order valence-corrected chi connectivity index (χ1v) is 9.74. The minimum Gasteiger partial charge on any atom is -0.301 e. The van der Waals surface area contributed by atoms with Gasteiger partial charge in [0.1, 0.15) is 0 Å². The molecule has 1 aliphatic heterocycles. The summed E-state index contributed by atoms with van der Waals surface area (Å²) in [5.74, 6) is 2.56. The van der Waals surface area contributed by atoms with Gasteiger partial charge in [-0.25, -0.2) is 0 Å². The summed E-state index contributed by atoms with van der Waals surface area (Å²) in [5, 5.41) is 9.38. The fourth-order valence-electron chi connectivity index (χ4n) is 5.14. The Kier molecular flexibility index (Phi) is 3.66. The molecule has 1 spiro atoms. The van der Waals surface area contributed by atoms with Crippen LogP contribution in [0, 0.1) is 0 Å². The molecule has 26 heavy (non-hydrogen) atoms. The molecular formula is C22H24N4. The average Bonchev–Trinajstić information content (AvgIpc) is 3.12. The van der Waals surface area contributed by atoms with Crippen molar-refractivity contribution in [3.8, 4) is 22.8 Å². The Hall–Kier alpha value is -2.49. The Morgan fingerprint density at radius 2 is 1.65 bits per heavy atom. The number of hydrogen-bond acceptors (Lipinski definition) is 3. The maximum atomic E-state index is 4.71. The Balaban J connectivity index is 1.80. The average molecular weight is 344 g/mol. The zero-order valence-electron chi connectivity index (χ0n) is 15.2. The molecule has 0 radical (unpaired) electrons. The zero-order chi connectivity index (χ0) is 17.6. The van der Waals surface area contributed by atoms with Crippen LogP contribution in [-0.4, -0.2) is 19.7 Å². The van der Waals surface area contributed by atoms with E-state index in [9.17, 15) is 0 Å². The number of rotatable bonds is 1. The fraction of sp³-hybridized carbons (Fsp3) is 0.409. The molecule has 0 amide bonds. The number of aromatic nitrogens is 4. The van der Waals surface area contributed by atoms with E-state index in [1.165, 1.54) is 43.2 Å². The topological polar surface area (TPSA) is 43.6 Å². The van der Waals surface area contributed by atoms with Crippen LogP contribution < -0.4 is 0 Å². The fourth-order valence-corrected chi connectivity index (χ4v) is 5.14. The second kappa shape index (κ2) is 6.04. The molecule has 132 valence electrons. The van der Waals surface area contributed by atoms with Gasteiger partial charge in [0.15, 0.2) is 11.6 Å². The van der Waals surface area contributed by atoms with Gasteiger partial charge in [0.25, 0.3) is 0 Å². The van der Waals surface area contributed by atoms with Gasteiger partial charge in [-0.1, -0.05) is 50.5 Å². The van der Waals surface area contributed by atoms with Gasteiger partial charge < -0.3 is 4.57 Å². The van der Waals surface area contributed by atoms with Crippen molar-refractivity contribution in [1.29, 1.82) is 0 Å². The maximum Gasteiger partial charge on any atom is 0.165 e. The normalized spacial score (nSPS) is 21.0. The van der Waals surface area contributed by atoms with Crippen LogP contribution in [0.4, 0.5) is 0 Å². The van der Waals surface area contributed by atoms with Crippen LogP contribution >= 0.6 is 0 Å². The molecule has 0 N–H and O–H groups in total. The Labute approximate surface area is 154 Å². The van der Waals surface area contributed by atoms with Crippen LogP contribution in [0.5, 0.6) is 0 Å². The molecule has 2 aliphatic rings. The minimum atomic E-state index is 0.119. The summed E-state index contributed by atoms with van der Waals surface area (Å²) in [6.07, 6.45) is 11.2. The van der Waals surface area contributed by atoms with Crippen molar-refractivity contribution in [1.82, 2.24) is 19.7 Å². The molecule has 1 atom stereocenters. The van der Waals surface area contributed by atoms with Crippen LogP contribution in [-0.2, 0) is 5.54 Å². The molecular weight excluding hydrogens is 320 g/mol. The van der Waals surface area contributed by atoms with E-state index in [1.54, 1.807) is 0 Å². The third-order valence-corrected chi connectivity index (χ3v) is 6.28. The monoisotopic (exact) mass is 344 g/mol. The predicted molar refractivity (Wildman–Crippen MR) is 103 cm³/mol. The molecule has 1 aromatic carbocycles. The first-order chi connectivity index (χ1) is 12.8. The zero-order valence-corrected chi connectivity index (χ0v) is 15.2. The number of fused-ring (bicyclic) bond motifs is 4. The quantitative estimate of drug-likeness (QED) is 0.611. The maximum absolute atomic E-state index is 4.71. The molecule has 2 aromatic heterocycles. The molecule has 0 bridgehead atoms. The highest BCUT2D eigenvalue weighted by Crippen LogP contribution is 2.49. The lowest BCUT2D eigenvalue weighted by Crippen LogP contribution is -2.37. The minimum absolute atomic E-state index is 0.119. The summed E-state index contributed by atoms with van der Waals surface area (Å²) < 4.78 is 2.49. The van der Waals surface area contributed by atoms with Crippen LogP contribution in [0.1, 0.15) is 56.9 Å². The van der Waals surface area contributed by atoms with Crippen molar-refractivity contribution in [3.05, 3.63) is 54.4 Å². The molecule has 1 unspecified atom stereocenters. The van der Waals surface area contributed by atoms with E-state index >= 15 is 0 Å². The lowest BCUT2D eigenvalue weighted by Gasteiger charge is -2.40. The third kappa shape index (κ3) is 2.32. The lowest BCUT2D eigenvalue weighted by molar-refractivity contribution is 0.174. The molecule has 1 aliphatic carbocycles. The van der Waals surface area contributed by atoms with E-state index in [1.807, 2.05) is 24.5 Å². The van der Waals surface area contributed by atoms with E-state index in [0.29, 0.717) is 5.92 Å². The van der Waals surface area contributed by atoms with E-state index in [4.69, 9.17) is 5.10 Å². The predicted octanol–water partition coefficient (Wildman–Crippen LogP) is 5.17. The van der Waals surface area contributed by atoms with Crippen molar-refractivity contribution in [2.75, 3.05) is 0 Å². The SMILES string of the molecule is CC1CC2(CCCCC2)n2c(-c3ccncc3)nnc2-c2ccccc21. The second-order valence-corrected chi connectivity index (χ2v) is 7.90. The van der Waals surface area contributed by atoms with E-state index in [0.717, 1.165) is 23.6 Å². The van der Waals surface area contributed by atoms with Crippen molar-refractivity contribution < 1.29 is 0 Å². The first-order valence-electron chi connectivity index (χ1n) is 9.74. The summed E-state index contributed by atoms with van der Waals surface area (Å²) >= 11 is 0. The number of nitrogens with zero attached hydrogens (tertiary/aromatic N) is 4. The smallest absolute Gasteiger partial charge is 0.165 e. The van der Waals surface area contributed by atoms with Crippen molar-refractivity contribution in [2.24, 2.45) is 0 Å². The third-order valence-electron chi connectivity index (χ3n) is 6.28. The second-order valence-electron chi connectivity index (χ2n) is 7.90. The Morgan fingerprint density at radius 3 is 2.46 bits per heavy atom. The van der Waals surface area contributed by atoms with Crippen LogP contribution in [0.15, 0.2) is 48.8 Å². The summed E-state index contributed by atoms with van der Waals surface area (Å²) in [4.78, 5) is 4.18. The van der Waals surface area contributed by atoms with Gasteiger partial charge in [0.05, 0.1) is 0 Å². The molecule has 4 nitrogen and oxygen atoms in total. The molecule has 0 saturated heterocycles. The standard InChI is InChI=1S/C22H24N4/c1-16-15-22(11-5-2-6-12-22)26-20(17-9-13-23-14-10-17)24-25-21(26)19-8-4-3-7-18(16)19/h3-4,7-10,13-14,16H,2,5-6,11-12,15H2,1H3. The molecule has 1 saturated carbocycles. The lowest BCUT2D eigenvalue weighted by atomic mass is 9.75. The first kappa shape index (κ1) is 15.7. The van der Waals surface area contributed by atoms with E-state index in [-0.39, 0.29) is 5.54 Å². The van der Waals surface area contributed by atoms with Crippen LogP contribution in [0.25, 0.3) is 22.8 Å². The van der Waals surface area contributed by atoms with Gasteiger partial charge in [0, 0.05) is 29.1 Å².